The molecular formula is C18H24N4O. The van der Waals surface area contributed by atoms with Crippen LogP contribution in [-0.2, 0) is 12.0 Å². The molecule has 23 heavy (non-hydrogen) atoms. The van der Waals surface area contributed by atoms with E-state index in [2.05, 4.69) is 58.3 Å². The predicted octanol–water partition coefficient (Wildman–Crippen LogP) is 2.57. The number of aliphatic hydroxyl groups excluding tert-OH is 1. The Labute approximate surface area is 137 Å². The number of benzene rings is 1. The van der Waals surface area contributed by atoms with Gasteiger partial charge in [-0.2, -0.15) is 0 Å². The van der Waals surface area contributed by atoms with Gasteiger partial charge in [0.25, 0.3) is 0 Å². The molecule has 1 atom stereocenters. The topological polar surface area (TPSA) is 61.3 Å². The van der Waals surface area contributed by atoms with Crippen LogP contribution in [0.1, 0.15) is 31.9 Å². The third-order valence-electron chi connectivity index (χ3n) is 4.34. The molecule has 2 aromatic rings. The van der Waals surface area contributed by atoms with E-state index in [0.717, 1.165) is 24.7 Å². The maximum atomic E-state index is 9.18. The van der Waals surface area contributed by atoms with Gasteiger partial charge in [0, 0.05) is 30.6 Å². The van der Waals surface area contributed by atoms with E-state index in [1.807, 2.05) is 13.0 Å². The molecule has 1 aliphatic rings. The van der Waals surface area contributed by atoms with E-state index in [-0.39, 0.29) is 18.1 Å². The first-order valence-corrected chi connectivity index (χ1v) is 8.02. The van der Waals surface area contributed by atoms with E-state index in [0.29, 0.717) is 0 Å². The Morgan fingerprint density at radius 3 is 2.87 bits per heavy atom. The van der Waals surface area contributed by atoms with E-state index in [4.69, 9.17) is 0 Å². The second kappa shape index (κ2) is 6.16. The lowest BCUT2D eigenvalue weighted by atomic mass is 9.78. The van der Waals surface area contributed by atoms with Crippen LogP contribution in [0.2, 0.25) is 0 Å². The molecule has 1 aliphatic heterocycles. The number of nitrogens with zero attached hydrogens (tertiary/aromatic N) is 3. The summed E-state index contributed by atoms with van der Waals surface area (Å²) in [5.74, 6) is 1.66. The van der Waals surface area contributed by atoms with Gasteiger partial charge in [-0.25, -0.2) is 9.97 Å². The number of rotatable bonds is 4. The Kier molecular flexibility index (Phi) is 4.22. The Bertz CT molecular complexity index is 686. The highest BCUT2D eigenvalue weighted by Gasteiger charge is 2.32. The van der Waals surface area contributed by atoms with Crippen molar-refractivity contribution in [1.82, 2.24) is 9.97 Å². The average molecular weight is 312 g/mol. The zero-order valence-corrected chi connectivity index (χ0v) is 14.0. The third kappa shape index (κ3) is 3.29. The van der Waals surface area contributed by atoms with Crippen molar-refractivity contribution < 1.29 is 5.11 Å². The van der Waals surface area contributed by atoms with Gasteiger partial charge in [0.1, 0.15) is 18.0 Å². The fourth-order valence-electron chi connectivity index (χ4n) is 3.20. The van der Waals surface area contributed by atoms with Crippen molar-refractivity contribution in [2.75, 3.05) is 23.4 Å². The van der Waals surface area contributed by atoms with E-state index in [1.165, 1.54) is 11.1 Å². The molecule has 2 heterocycles. The van der Waals surface area contributed by atoms with Crippen LogP contribution in [0.5, 0.6) is 0 Å². The van der Waals surface area contributed by atoms with E-state index < -0.39 is 0 Å². The van der Waals surface area contributed by atoms with E-state index in [1.54, 1.807) is 6.33 Å². The molecule has 0 unspecified atom stereocenters. The molecule has 0 spiro atoms. The molecule has 5 nitrogen and oxygen atoms in total. The average Bonchev–Trinajstić information content (AvgIpc) is 2.54. The molecule has 1 aromatic carbocycles. The van der Waals surface area contributed by atoms with Crippen LogP contribution in [0.3, 0.4) is 0 Å². The second-order valence-corrected chi connectivity index (χ2v) is 6.89. The standard InChI is InChI=1S/C18H24N4O/c1-13(10-23)21-16-8-17(20-12-19-16)22-9-14-6-4-5-7-15(14)18(2,3)11-22/h4-8,12-13,23H,9-11H2,1-3H3,(H,19,20,21)/t13-/m0/s1. The van der Waals surface area contributed by atoms with Crippen molar-refractivity contribution in [2.45, 2.75) is 38.8 Å². The van der Waals surface area contributed by atoms with Crippen molar-refractivity contribution in [1.29, 1.82) is 0 Å². The largest absolute Gasteiger partial charge is 0.394 e. The Balaban J connectivity index is 1.87. The van der Waals surface area contributed by atoms with Gasteiger partial charge >= 0.3 is 0 Å². The summed E-state index contributed by atoms with van der Waals surface area (Å²) in [7, 11) is 0. The highest BCUT2D eigenvalue weighted by molar-refractivity contribution is 5.52. The summed E-state index contributed by atoms with van der Waals surface area (Å²) in [4.78, 5) is 11.0. The smallest absolute Gasteiger partial charge is 0.134 e. The van der Waals surface area contributed by atoms with E-state index in [9.17, 15) is 5.11 Å². The number of nitrogens with one attached hydrogen (secondary N) is 1. The van der Waals surface area contributed by atoms with Crippen molar-refractivity contribution >= 4 is 11.6 Å². The number of hydrogen-bond donors (Lipinski definition) is 2. The summed E-state index contributed by atoms with van der Waals surface area (Å²) in [6.45, 7) is 8.30. The minimum absolute atomic E-state index is 0.0312. The van der Waals surface area contributed by atoms with Crippen LogP contribution in [-0.4, -0.2) is 34.3 Å². The number of hydrogen-bond acceptors (Lipinski definition) is 5. The van der Waals surface area contributed by atoms with Gasteiger partial charge < -0.3 is 15.3 Å². The molecule has 1 aromatic heterocycles. The van der Waals surface area contributed by atoms with Crippen molar-refractivity contribution in [3.63, 3.8) is 0 Å². The fourth-order valence-corrected chi connectivity index (χ4v) is 3.20. The lowest BCUT2D eigenvalue weighted by Gasteiger charge is -2.40. The van der Waals surface area contributed by atoms with Gasteiger partial charge in [-0.1, -0.05) is 38.1 Å². The fraction of sp³-hybridized carbons (Fsp3) is 0.444. The minimum atomic E-state index is -0.0312. The minimum Gasteiger partial charge on any atom is -0.394 e. The molecule has 0 amide bonds. The molecule has 0 fully saturated rings. The molecule has 0 radical (unpaired) electrons. The quantitative estimate of drug-likeness (QED) is 0.908. The van der Waals surface area contributed by atoms with Crippen LogP contribution in [0.4, 0.5) is 11.6 Å². The zero-order valence-electron chi connectivity index (χ0n) is 14.0. The van der Waals surface area contributed by atoms with Crippen LogP contribution < -0.4 is 10.2 Å². The molecule has 5 heteroatoms. The van der Waals surface area contributed by atoms with Gasteiger partial charge in [-0.3, -0.25) is 0 Å². The number of anilines is 2. The third-order valence-corrected chi connectivity index (χ3v) is 4.34. The van der Waals surface area contributed by atoms with Crippen molar-refractivity contribution in [3.05, 3.63) is 47.8 Å². The Morgan fingerprint density at radius 1 is 1.30 bits per heavy atom. The first-order valence-electron chi connectivity index (χ1n) is 8.02. The lowest BCUT2D eigenvalue weighted by molar-refractivity contribution is 0.281. The normalized spacial score (nSPS) is 17.5. The predicted molar refractivity (Wildman–Crippen MR) is 92.7 cm³/mol. The van der Waals surface area contributed by atoms with Crippen LogP contribution >= 0.6 is 0 Å². The molecule has 122 valence electrons. The molecule has 3 rings (SSSR count). The maximum absolute atomic E-state index is 9.18. The van der Waals surface area contributed by atoms with Crippen molar-refractivity contribution in [3.8, 4) is 0 Å². The van der Waals surface area contributed by atoms with Gasteiger partial charge in [0.15, 0.2) is 0 Å². The zero-order chi connectivity index (χ0) is 16.4. The second-order valence-electron chi connectivity index (χ2n) is 6.89. The number of aliphatic hydroxyl groups is 1. The van der Waals surface area contributed by atoms with Crippen molar-refractivity contribution in [2.24, 2.45) is 0 Å². The molecule has 0 saturated carbocycles. The molecule has 0 bridgehead atoms. The highest BCUT2D eigenvalue weighted by Crippen LogP contribution is 2.35. The van der Waals surface area contributed by atoms with Gasteiger partial charge in [0.05, 0.1) is 6.61 Å². The van der Waals surface area contributed by atoms with Gasteiger partial charge in [0.2, 0.25) is 0 Å². The highest BCUT2D eigenvalue weighted by atomic mass is 16.3. The number of aromatic nitrogens is 2. The summed E-state index contributed by atoms with van der Waals surface area (Å²) in [6, 6.07) is 10.5. The summed E-state index contributed by atoms with van der Waals surface area (Å²) in [5.41, 5.74) is 2.84. The molecule has 0 aliphatic carbocycles. The summed E-state index contributed by atoms with van der Waals surface area (Å²) in [5, 5.41) is 12.4. The van der Waals surface area contributed by atoms with Crippen LogP contribution in [0.15, 0.2) is 36.7 Å². The van der Waals surface area contributed by atoms with Gasteiger partial charge in [-0.05, 0) is 18.1 Å². The van der Waals surface area contributed by atoms with Crippen LogP contribution in [0, 0.1) is 0 Å². The number of fused-ring (bicyclic) bond motifs is 1. The van der Waals surface area contributed by atoms with E-state index >= 15 is 0 Å². The molecule has 2 N–H and O–H groups in total. The Morgan fingerprint density at radius 2 is 2.09 bits per heavy atom. The monoisotopic (exact) mass is 312 g/mol. The SMILES string of the molecule is C[C@@H](CO)Nc1cc(N2Cc3ccccc3C(C)(C)C2)ncn1. The lowest BCUT2D eigenvalue weighted by Crippen LogP contribution is -2.42. The molecular weight excluding hydrogens is 288 g/mol. The van der Waals surface area contributed by atoms with Gasteiger partial charge in [-0.15, -0.1) is 0 Å². The summed E-state index contributed by atoms with van der Waals surface area (Å²) >= 11 is 0. The maximum Gasteiger partial charge on any atom is 0.134 e. The first-order chi connectivity index (χ1) is 11.0. The Hall–Kier alpha value is -2.14. The summed E-state index contributed by atoms with van der Waals surface area (Å²) < 4.78 is 0. The summed E-state index contributed by atoms with van der Waals surface area (Å²) in [6.07, 6.45) is 1.58. The first kappa shape index (κ1) is 15.7. The molecule has 0 saturated heterocycles. The van der Waals surface area contributed by atoms with Crippen LogP contribution in [0.25, 0.3) is 0 Å².